The van der Waals surface area contributed by atoms with Crippen molar-refractivity contribution in [3.05, 3.63) is 130 Å². The smallest absolute Gasteiger partial charge is 0.00258 e. The fourth-order valence-corrected chi connectivity index (χ4v) is 3.51. The standard InChI is InChI=1S/C28H26.4C2H6/c1-21-3-7-23(8-4-21)19-25-11-15-27(16-12-25)28-17-13-26(14-18-28)20-24-9-5-22(2)6-10-24;4*1-2/h3-18H,19-20H2,1-2H3;4*1-2H3. The lowest BCUT2D eigenvalue weighted by atomic mass is 9.98. The van der Waals surface area contributed by atoms with Crippen molar-refractivity contribution in [3.63, 3.8) is 0 Å². The highest BCUT2D eigenvalue weighted by atomic mass is 14.1. The minimum atomic E-state index is 0.982. The lowest BCUT2D eigenvalue weighted by Gasteiger charge is -2.07. The fourth-order valence-electron chi connectivity index (χ4n) is 3.51. The van der Waals surface area contributed by atoms with E-state index in [4.69, 9.17) is 0 Å². The van der Waals surface area contributed by atoms with Crippen LogP contribution in [0.25, 0.3) is 11.1 Å². The number of hydrogen-bond acceptors (Lipinski definition) is 0. The maximum Gasteiger partial charge on any atom is -0.00258 e. The summed E-state index contributed by atoms with van der Waals surface area (Å²) in [7, 11) is 0. The monoisotopic (exact) mass is 482 g/mol. The number of benzene rings is 4. The van der Waals surface area contributed by atoms with Crippen molar-refractivity contribution in [3.8, 4) is 11.1 Å². The molecule has 0 aliphatic carbocycles. The van der Waals surface area contributed by atoms with Crippen molar-refractivity contribution >= 4 is 0 Å². The lowest BCUT2D eigenvalue weighted by molar-refractivity contribution is 1.18. The molecule has 0 atom stereocenters. The van der Waals surface area contributed by atoms with Crippen molar-refractivity contribution in [2.75, 3.05) is 0 Å². The van der Waals surface area contributed by atoms with Crippen LogP contribution in [0.2, 0.25) is 0 Å². The van der Waals surface area contributed by atoms with E-state index in [1.807, 2.05) is 55.4 Å². The van der Waals surface area contributed by atoms with Gasteiger partial charge in [-0.3, -0.25) is 0 Å². The molecule has 4 aromatic carbocycles. The Bertz CT molecular complexity index is 930. The first-order valence-electron chi connectivity index (χ1n) is 13.9. The van der Waals surface area contributed by atoms with Gasteiger partial charge in [-0.2, -0.15) is 0 Å². The number of rotatable bonds is 5. The van der Waals surface area contributed by atoms with Crippen LogP contribution in [0.1, 0.15) is 88.8 Å². The molecule has 0 radical (unpaired) electrons. The average Bonchev–Trinajstić information content (AvgIpc) is 2.96. The predicted octanol–water partition coefficient (Wildman–Crippen LogP) is 11.3. The van der Waals surface area contributed by atoms with Crippen LogP contribution in [0, 0.1) is 13.8 Å². The molecule has 0 aliphatic heterocycles. The van der Waals surface area contributed by atoms with Crippen LogP contribution in [-0.4, -0.2) is 0 Å². The van der Waals surface area contributed by atoms with Gasteiger partial charge >= 0.3 is 0 Å². The van der Waals surface area contributed by atoms with Crippen molar-refractivity contribution in [1.29, 1.82) is 0 Å². The molecular weight excluding hydrogens is 432 g/mol. The maximum atomic E-state index is 2.25. The summed E-state index contributed by atoms with van der Waals surface area (Å²) in [5.41, 5.74) is 10.6. The molecule has 0 fully saturated rings. The highest BCUT2D eigenvalue weighted by Gasteiger charge is 2.02. The summed E-state index contributed by atoms with van der Waals surface area (Å²) in [6, 6.07) is 35.5. The first kappa shape index (κ1) is 32.9. The second-order valence-corrected chi connectivity index (χ2v) is 7.72. The van der Waals surface area contributed by atoms with Crippen LogP contribution in [-0.2, 0) is 12.8 Å². The van der Waals surface area contributed by atoms with Gasteiger partial charge in [0.05, 0.1) is 0 Å². The van der Waals surface area contributed by atoms with Gasteiger partial charge in [0.1, 0.15) is 0 Å². The molecule has 4 aromatic rings. The highest BCUT2D eigenvalue weighted by molar-refractivity contribution is 5.64. The summed E-state index contributed by atoms with van der Waals surface area (Å²) in [6.45, 7) is 20.3. The van der Waals surface area contributed by atoms with Gasteiger partial charge in [0.15, 0.2) is 0 Å². The zero-order chi connectivity index (χ0) is 27.3. The molecule has 0 saturated carbocycles. The Kier molecular flexibility index (Phi) is 18.4. The van der Waals surface area contributed by atoms with Crippen molar-refractivity contribution in [2.24, 2.45) is 0 Å². The van der Waals surface area contributed by atoms with Crippen LogP contribution in [0.3, 0.4) is 0 Å². The predicted molar refractivity (Wildman–Crippen MR) is 165 cm³/mol. The highest BCUT2D eigenvalue weighted by Crippen LogP contribution is 2.22. The first-order chi connectivity index (χ1) is 17.7. The molecule has 0 aromatic heterocycles. The van der Waals surface area contributed by atoms with Crippen molar-refractivity contribution in [2.45, 2.75) is 82.1 Å². The number of hydrogen-bond donors (Lipinski definition) is 0. The number of aryl methyl sites for hydroxylation is 2. The van der Waals surface area contributed by atoms with Crippen LogP contribution in [0.5, 0.6) is 0 Å². The topological polar surface area (TPSA) is 0 Å². The van der Waals surface area contributed by atoms with Crippen LogP contribution in [0.15, 0.2) is 97.1 Å². The van der Waals surface area contributed by atoms with E-state index in [9.17, 15) is 0 Å². The molecule has 0 unspecified atom stereocenters. The molecule has 4 rings (SSSR count). The van der Waals surface area contributed by atoms with Gasteiger partial charge < -0.3 is 0 Å². The Balaban J connectivity index is 0.00000140. The quantitative estimate of drug-likeness (QED) is 0.265. The Morgan fingerprint density at radius 1 is 0.306 bits per heavy atom. The van der Waals surface area contributed by atoms with Gasteiger partial charge in [-0.05, 0) is 60.1 Å². The molecule has 0 spiro atoms. The summed E-state index contributed by atoms with van der Waals surface area (Å²) >= 11 is 0. The second kappa shape index (κ2) is 20.1. The van der Waals surface area contributed by atoms with Gasteiger partial charge in [-0.25, -0.2) is 0 Å². The zero-order valence-corrected chi connectivity index (χ0v) is 24.7. The van der Waals surface area contributed by atoms with E-state index in [1.54, 1.807) is 0 Å². The molecule has 0 N–H and O–H groups in total. The molecule has 0 amide bonds. The Hall–Kier alpha value is -3.12. The minimum absolute atomic E-state index is 0.982. The summed E-state index contributed by atoms with van der Waals surface area (Å²) in [6.07, 6.45) is 1.96. The molecule has 194 valence electrons. The van der Waals surface area contributed by atoms with Gasteiger partial charge in [0.2, 0.25) is 0 Å². The molecule has 0 saturated heterocycles. The van der Waals surface area contributed by atoms with E-state index in [0.29, 0.717) is 0 Å². The molecule has 0 aliphatic rings. The summed E-state index contributed by atoms with van der Waals surface area (Å²) < 4.78 is 0. The van der Waals surface area contributed by atoms with E-state index in [0.717, 1.165) is 12.8 Å². The fraction of sp³-hybridized carbons (Fsp3) is 0.333. The lowest BCUT2D eigenvalue weighted by Crippen LogP contribution is -1.90. The Morgan fingerprint density at radius 2 is 0.500 bits per heavy atom. The maximum absolute atomic E-state index is 2.25. The molecule has 36 heavy (non-hydrogen) atoms. The molecule has 0 heterocycles. The van der Waals surface area contributed by atoms with Crippen molar-refractivity contribution in [1.82, 2.24) is 0 Å². The van der Waals surface area contributed by atoms with Gasteiger partial charge in [0.25, 0.3) is 0 Å². The van der Waals surface area contributed by atoms with Crippen LogP contribution >= 0.6 is 0 Å². The summed E-state index contributed by atoms with van der Waals surface area (Å²) in [5.74, 6) is 0. The SMILES string of the molecule is CC.CC.CC.CC.Cc1ccc(Cc2ccc(-c3ccc(Cc4ccc(C)cc4)cc3)cc2)cc1. The van der Waals surface area contributed by atoms with E-state index in [1.165, 1.54) is 44.5 Å². The molecular formula is C36H50. The Morgan fingerprint density at radius 3 is 0.722 bits per heavy atom. The zero-order valence-electron chi connectivity index (χ0n) is 24.7. The summed E-state index contributed by atoms with van der Waals surface area (Å²) in [4.78, 5) is 0. The third kappa shape index (κ3) is 11.5. The van der Waals surface area contributed by atoms with Gasteiger partial charge in [0, 0.05) is 0 Å². The van der Waals surface area contributed by atoms with Gasteiger partial charge in [-0.1, -0.05) is 164 Å². The second-order valence-electron chi connectivity index (χ2n) is 7.72. The first-order valence-corrected chi connectivity index (χ1v) is 13.9. The average molecular weight is 483 g/mol. The van der Waals surface area contributed by atoms with E-state index < -0.39 is 0 Å². The van der Waals surface area contributed by atoms with E-state index in [2.05, 4.69) is 111 Å². The Labute approximate surface area is 223 Å². The summed E-state index contributed by atoms with van der Waals surface area (Å²) in [5, 5.41) is 0. The molecule has 0 heteroatoms. The normalized spacial score (nSPS) is 9.06. The van der Waals surface area contributed by atoms with E-state index >= 15 is 0 Å². The molecule has 0 bridgehead atoms. The minimum Gasteiger partial charge on any atom is -0.0683 e. The molecule has 0 nitrogen and oxygen atoms in total. The van der Waals surface area contributed by atoms with Crippen LogP contribution < -0.4 is 0 Å². The largest absolute Gasteiger partial charge is 0.0683 e. The van der Waals surface area contributed by atoms with Gasteiger partial charge in [-0.15, -0.1) is 0 Å². The van der Waals surface area contributed by atoms with E-state index in [-0.39, 0.29) is 0 Å². The van der Waals surface area contributed by atoms with Crippen LogP contribution in [0.4, 0.5) is 0 Å². The third-order valence-corrected chi connectivity index (χ3v) is 5.30. The van der Waals surface area contributed by atoms with Crippen molar-refractivity contribution < 1.29 is 0 Å². The third-order valence-electron chi connectivity index (χ3n) is 5.30.